The zero-order valence-electron chi connectivity index (χ0n) is 27.3. The van der Waals surface area contributed by atoms with Crippen LogP contribution in [0.15, 0.2) is 72.9 Å². The Labute approximate surface area is 274 Å². The predicted octanol–water partition coefficient (Wildman–Crippen LogP) is 6.65. The first-order valence-electron chi connectivity index (χ1n) is 16.0. The fraction of sp³-hybridized carbons (Fsp3) is 0.559. The van der Waals surface area contributed by atoms with E-state index in [9.17, 15) is 34.1 Å². The van der Waals surface area contributed by atoms with Crippen LogP contribution in [-0.4, -0.2) is 64.9 Å². The van der Waals surface area contributed by atoms with Gasteiger partial charge < -0.3 is 25.2 Å². The molecule has 0 aromatic carbocycles. The van der Waals surface area contributed by atoms with Crippen molar-refractivity contribution in [1.82, 2.24) is 5.32 Å². The third-order valence-electron chi connectivity index (χ3n) is 6.02. The molecule has 0 heterocycles. The summed E-state index contributed by atoms with van der Waals surface area (Å²) in [6.07, 6.45) is 32.0. The van der Waals surface area contributed by atoms with Crippen LogP contribution in [0, 0.1) is 0 Å². The summed E-state index contributed by atoms with van der Waals surface area (Å²) < 4.78 is 26.3. The van der Waals surface area contributed by atoms with Gasteiger partial charge in [-0.3, -0.25) is 18.6 Å². The Morgan fingerprint density at radius 2 is 1.22 bits per heavy atom. The zero-order chi connectivity index (χ0) is 34.3. The summed E-state index contributed by atoms with van der Waals surface area (Å²) in [5.74, 6) is -2.53. The van der Waals surface area contributed by atoms with Crippen molar-refractivity contribution in [3.63, 3.8) is 0 Å². The number of nitrogens with one attached hydrogen (secondary N) is 1. The highest BCUT2D eigenvalue weighted by Gasteiger charge is 2.28. The van der Waals surface area contributed by atoms with Crippen LogP contribution >= 0.6 is 7.82 Å². The van der Waals surface area contributed by atoms with Gasteiger partial charge in [-0.25, -0.2) is 9.36 Å². The number of carboxylic acid groups (broad SMARTS) is 1. The topological polar surface area (TPSA) is 169 Å². The number of carbonyl (C=O) groups is 3. The highest BCUT2D eigenvalue weighted by molar-refractivity contribution is 7.47. The quantitative estimate of drug-likeness (QED) is 0.0307. The summed E-state index contributed by atoms with van der Waals surface area (Å²) in [6, 6.07) is -1.59. The molecule has 0 saturated carbocycles. The number of phosphoric ester groups is 1. The van der Waals surface area contributed by atoms with Crippen molar-refractivity contribution >= 4 is 25.7 Å². The Hall–Kier alpha value is -3.08. The number of amides is 1. The van der Waals surface area contributed by atoms with Gasteiger partial charge in [0.25, 0.3) is 0 Å². The van der Waals surface area contributed by atoms with E-state index < -0.39 is 57.6 Å². The minimum Gasteiger partial charge on any atom is -0.480 e. The first-order chi connectivity index (χ1) is 22.1. The molecule has 0 aliphatic carbocycles. The van der Waals surface area contributed by atoms with Crippen LogP contribution in [0.3, 0.4) is 0 Å². The molecule has 1 amide bonds. The second-order valence-electron chi connectivity index (χ2n) is 10.3. The van der Waals surface area contributed by atoms with Crippen molar-refractivity contribution in [3.05, 3.63) is 72.9 Å². The van der Waals surface area contributed by atoms with Gasteiger partial charge in [-0.2, -0.15) is 0 Å². The molecule has 0 aliphatic heterocycles. The number of aliphatic carboxylic acids is 1. The second kappa shape index (κ2) is 29.3. The summed E-state index contributed by atoms with van der Waals surface area (Å²) in [7, 11) is -4.75. The molecule has 3 atom stereocenters. The van der Waals surface area contributed by atoms with E-state index in [0.717, 1.165) is 44.9 Å². The Morgan fingerprint density at radius 3 is 1.72 bits per heavy atom. The predicted molar refractivity (Wildman–Crippen MR) is 180 cm³/mol. The molecular formula is C34H54NO10P. The monoisotopic (exact) mass is 667 g/mol. The molecule has 0 saturated heterocycles. The number of ether oxygens (including phenoxy) is 1. The number of carbonyl (C=O) groups excluding carboxylic acids is 2. The van der Waals surface area contributed by atoms with Crippen LogP contribution in [0.1, 0.15) is 90.9 Å². The molecule has 0 aliphatic rings. The molecule has 0 bridgehead atoms. The summed E-state index contributed by atoms with van der Waals surface area (Å²) in [4.78, 5) is 45.0. The van der Waals surface area contributed by atoms with Crippen molar-refractivity contribution < 1.29 is 47.8 Å². The van der Waals surface area contributed by atoms with Crippen LogP contribution in [0.2, 0.25) is 0 Å². The number of rotatable bonds is 28. The molecule has 3 unspecified atom stereocenters. The minimum atomic E-state index is -4.75. The highest BCUT2D eigenvalue weighted by atomic mass is 31.2. The van der Waals surface area contributed by atoms with Crippen molar-refractivity contribution in [2.45, 2.75) is 103 Å². The summed E-state index contributed by atoms with van der Waals surface area (Å²) in [5, 5.41) is 21.4. The highest BCUT2D eigenvalue weighted by Crippen LogP contribution is 2.43. The Kier molecular flexibility index (Phi) is 27.4. The molecule has 4 N–H and O–H groups in total. The molecule has 0 aromatic heterocycles. The van der Waals surface area contributed by atoms with Crippen molar-refractivity contribution in [3.8, 4) is 0 Å². The lowest BCUT2D eigenvalue weighted by molar-refractivity contribution is -0.147. The van der Waals surface area contributed by atoms with Gasteiger partial charge in [0.2, 0.25) is 5.91 Å². The molecule has 46 heavy (non-hydrogen) atoms. The molecule has 0 fully saturated rings. The molecule has 0 rings (SSSR count). The third kappa shape index (κ3) is 28.4. The van der Waals surface area contributed by atoms with E-state index in [4.69, 9.17) is 4.74 Å². The van der Waals surface area contributed by atoms with Gasteiger partial charge in [0, 0.05) is 12.8 Å². The van der Waals surface area contributed by atoms with Crippen molar-refractivity contribution in [2.24, 2.45) is 0 Å². The number of unbranched alkanes of at least 4 members (excludes halogenated alkanes) is 2. The number of carboxylic acids is 1. The number of aliphatic hydroxyl groups excluding tert-OH is 1. The molecule has 0 radical (unpaired) electrons. The number of phosphoric acid groups is 1. The van der Waals surface area contributed by atoms with Gasteiger partial charge >= 0.3 is 19.8 Å². The number of hydrogen-bond acceptors (Lipinski definition) is 8. The van der Waals surface area contributed by atoms with Crippen LogP contribution in [-0.2, 0) is 32.7 Å². The SMILES string of the molecule is CC/C=C\C/C=C\C/C=C\C/C=C\C/C=C\C/C=C\CCC(=O)NC(COP(=O)(O)OCC(O)COC(=O)CCCCC)C(=O)O. The average Bonchev–Trinajstić information content (AvgIpc) is 3.02. The van der Waals surface area contributed by atoms with E-state index in [2.05, 4.69) is 76.0 Å². The molecule has 11 nitrogen and oxygen atoms in total. The van der Waals surface area contributed by atoms with E-state index in [0.29, 0.717) is 19.3 Å². The molecular weight excluding hydrogens is 613 g/mol. The van der Waals surface area contributed by atoms with Gasteiger partial charge in [0.05, 0.1) is 13.2 Å². The van der Waals surface area contributed by atoms with Crippen LogP contribution in [0.25, 0.3) is 0 Å². The van der Waals surface area contributed by atoms with E-state index in [-0.39, 0.29) is 12.8 Å². The molecule has 260 valence electrons. The summed E-state index contributed by atoms with van der Waals surface area (Å²) in [6.45, 7) is 2.15. The fourth-order valence-electron chi connectivity index (χ4n) is 3.51. The van der Waals surface area contributed by atoms with E-state index in [1.54, 1.807) is 0 Å². The standard InChI is InChI=1S/C34H54NO10P/c1-3-5-7-8-9-10-11-12-13-14-15-16-17-18-19-20-21-22-24-25-32(37)35-31(34(39)40)29-45-46(41,42)44-28-30(36)27-43-33(38)26-23-6-4-2/h5,7,9-10,12-13,15-16,18-19,21-22,30-31,36H,3-4,6,8,11,14,17,20,23-29H2,1-2H3,(H,35,37)(H,39,40)(H,41,42)/b7-5-,10-9-,13-12-,16-15-,19-18-,22-21-. The maximum Gasteiger partial charge on any atom is 0.472 e. The van der Waals surface area contributed by atoms with E-state index in [1.807, 2.05) is 25.2 Å². The normalized spacial score (nSPS) is 15.0. The molecule has 0 aromatic rings. The van der Waals surface area contributed by atoms with E-state index in [1.165, 1.54) is 0 Å². The van der Waals surface area contributed by atoms with Gasteiger partial charge in [-0.05, 0) is 51.4 Å². The van der Waals surface area contributed by atoms with E-state index >= 15 is 0 Å². The summed E-state index contributed by atoms with van der Waals surface area (Å²) >= 11 is 0. The van der Waals surface area contributed by atoms with Crippen LogP contribution in [0.4, 0.5) is 0 Å². The molecule has 0 spiro atoms. The number of esters is 1. The van der Waals surface area contributed by atoms with Gasteiger partial charge in [0.15, 0.2) is 6.04 Å². The largest absolute Gasteiger partial charge is 0.480 e. The molecule has 12 heteroatoms. The maximum absolute atomic E-state index is 12.2. The fourth-order valence-corrected chi connectivity index (χ4v) is 4.28. The van der Waals surface area contributed by atoms with Gasteiger partial charge in [-0.15, -0.1) is 0 Å². The number of hydrogen-bond donors (Lipinski definition) is 4. The van der Waals surface area contributed by atoms with Gasteiger partial charge in [0.1, 0.15) is 12.7 Å². The lowest BCUT2D eigenvalue weighted by atomic mass is 10.2. The van der Waals surface area contributed by atoms with Crippen LogP contribution in [0.5, 0.6) is 0 Å². The van der Waals surface area contributed by atoms with Crippen LogP contribution < -0.4 is 5.32 Å². The second-order valence-corrected chi connectivity index (χ2v) is 11.7. The number of aliphatic hydroxyl groups is 1. The first kappa shape index (κ1) is 42.9. The minimum absolute atomic E-state index is 0.0165. The van der Waals surface area contributed by atoms with Crippen molar-refractivity contribution in [2.75, 3.05) is 19.8 Å². The lowest BCUT2D eigenvalue weighted by Gasteiger charge is -2.18. The maximum atomic E-state index is 12.2. The average molecular weight is 668 g/mol. The lowest BCUT2D eigenvalue weighted by Crippen LogP contribution is -2.43. The first-order valence-corrected chi connectivity index (χ1v) is 17.5. The third-order valence-corrected chi connectivity index (χ3v) is 6.97. The summed E-state index contributed by atoms with van der Waals surface area (Å²) in [5.41, 5.74) is 0. The van der Waals surface area contributed by atoms with Gasteiger partial charge in [-0.1, -0.05) is 99.6 Å². The number of allylic oxidation sites excluding steroid dienone is 12. The van der Waals surface area contributed by atoms with Crippen molar-refractivity contribution in [1.29, 1.82) is 0 Å². The Bertz CT molecular complexity index is 1060. The zero-order valence-corrected chi connectivity index (χ0v) is 28.2. The Balaban J connectivity index is 4.17. The Morgan fingerprint density at radius 1 is 0.717 bits per heavy atom. The smallest absolute Gasteiger partial charge is 0.472 e.